The maximum absolute atomic E-state index is 12.3. The van der Waals surface area contributed by atoms with Gasteiger partial charge in [-0.25, -0.2) is 13.1 Å². The third-order valence-electron chi connectivity index (χ3n) is 3.65. The molecule has 1 aliphatic carbocycles. The Hall–Kier alpha value is -1.86. The number of methoxy groups -OCH3 is 1. The molecule has 3 rings (SSSR count). The summed E-state index contributed by atoms with van der Waals surface area (Å²) in [5, 5.41) is 4.46. The SMILES string of the molecule is COc1ccccc1S(=O)(=O)NCCn1ccc(C2CC2)n1. The van der Waals surface area contributed by atoms with Crippen LogP contribution in [0, 0.1) is 0 Å². The van der Waals surface area contributed by atoms with E-state index in [-0.39, 0.29) is 11.4 Å². The van der Waals surface area contributed by atoms with E-state index in [1.54, 1.807) is 22.9 Å². The van der Waals surface area contributed by atoms with Crippen LogP contribution in [0.3, 0.4) is 0 Å². The number of sulfonamides is 1. The molecular formula is C15H19N3O3S. The highest BCUT2D eigenvalue weighted by Crippen LogP contribution is 2.38. The van der Waals surface area contributed by atoms with Crippen molar-refractivity contribution in [1.82, 2.24) is 14.5 Å². The molecule has 0 amide bonds. The number of rotatable bonds is 7. The second kappa shape index (κ2) is 6.10. The Balaban J connectivity index is 1.61. The molecule has 0 spiro atoms. The zero-order chi connectivity index (χ0) is 15.6. The number of nitrogens with one attached hydrogen (secondary N) is 1. The predicted octanol–water partition coefficient (Wildman–Crippen LogP) is 1.75. The molecule has 1 saturated carbocycles. The quantitative estimate of drug-likeness (QED) is 0.843. The zero-order valence-electron chi connectivity index (χ0n) is 12.4. The van der Waals surface area contributed by atoms with Crippen LogP contribution in [0.15, 0.2) is 41.4 Å². The lowest BCUT2D eigenvalue weighted by molar-refractivity contribution is 0.402. The summed E-state index contributed by atoms with van der Waals surface area (Å²) >= 11 is 0. The minimum absolute atomic E-state index is 0.150. The van der Waals surface area contributed by atoms with E-state index in [0.717, 1.165) is 5.69 Å². The molecule has 7 heteroatoms. The van der Waals surface area contributed by atoms with Crippen LogP contribution in [0.2, 0.25) is 0 Å². The van der Waals surface area contributed by atoms with E-state index in [9.17, 15) is 8.42 Å². The van der Waals surface area contributed by atoms with Gasteiger partial charge in [0.15, 0.2) is 0 Å². The molecule has 0 aliphatic heterocycles. The van der Waals surface area contributed by atoms with Gasteiger partial charge in [-0.05, 0) is 31.0 Å². The lowest BCUT2D eigenvalue weighted by Gasteiger charge is -2.10. The number of hydrogen-bond acceptors (Lipinski definition) is 4. The van der Waals surface area contributed by atoms with Crippen LogP contribution in [-0.2, 0) is 16.6 Å². The van der Waals surface area contributed by atoms with Gasteiger partial charge in [0.25, 0.3) is 0 Å². The number of benzene rings is 1. The van der Waals surface area contributed by atoms with Crippen LogP contribution in [0.5, 0.6) is 5.75 Å². The maximum Gasteiger partial charge on any atom is 0.244 e. The average molecular weight is 321 g/mol. The molecule has 0 bridgehead atoms. The fourth-order valence-corrected chi connectivity index (χ4v) is 3.50. The first-order chi connectivity index (χ1) is 10.6. The van der Waals surface area contributed by atoms with E-state index in [0.29, 0.717) is 18.2 Å². The van der Waals surface area contributed by atoms with Crippen molar-refractivity contribution >= 4 is 10.0 Å². The Bertz CT molecular complexity index is 751. The smallest absolute Gasteiger partial charge is 0.244 e. The fraction of sp³-hybridized carbons (Fsp3) is 0.400. The van der Waals surface area contributed by atoms with Gasteiger partial charge in [0.05, 0.1) is 19.3 Å². The van der Waals surface area contributed by atoms with Crippen molar-refractivity contribution in [3.05, 3.63) is 42.2 Å². The third-order valence-corrected chi connectivity index (χ3v) is 5.15. The summed E-state index contributed by atoms with van der Waals surface area (Å²) < 4.78 is 34.1. The van der Waals surface area contributed by atoms with Gasteiger partial charge in [-0.15, -0.1) is 0 Å². The largest absolute Gasteiger partial charge is 0.495 e. The van der Waals surface area contributed by atoms with E-state index in [2.05, 4.69) is 9.82 Å². The number of aromatic nitrogens is 2. The van der Waals surface area contributed by atoms with Gasteiger partial charge in [0, 0.05) is 18.7 Å². The van der Waals surface area contributed by atoms with E-state index >= 15 is 0 Å². The molecule has 0 atom stereocenters. The molecule has 1 N–H and O–H groups in total. The molecule has 1 heterocycles. The van der Waals surface area contributed by atoms with Crippen molar-refractivity contribution in [3.63, 3.8) is 0 Å². The standard InChI is InChI=1S/C15H19N3O3S/c1-21-14-4-2-3-5-15(14)22(19,20)16-9-11-18-10-8-13(17-18)12-6-7-12/h2-5,8,10,12,16H,6-7,9,11H2,1H3. The first-order valence-corrected chi connectivity index (χ1v) is 8.74. The number of hydrogen-bond donors (Lipinski definition) is 1. The van der Waals surface area contributed by atoms with Gasteiger partial charge < -0.3 is 4.74 Å². The average Bonchev–Trinajstić information content (AvgIpc) is 3.27. The summed E-state index contributed by atoms with van der Waals surface area (Å²) in [6.07, 6.45) is 4.31. The number of ether oxygens (including phenoxy) is 1. The summed E-state index contributed by atoms with van der Waals surface area (Å²) in [6.45, 7) is 0.785. The second-order valence-corrected chi connectivity index (χ2v) is 7.06. The molecular weight excluding hydrogens is 302 g/mol. The van der Waals surface area contributed by atoms with Crippen molar-refractivity contribution in [1.29, 1.82) is 0 Å². The highest BCUT2D eigenvalue weighted by molar-refractivity contribution is 7.89. The Morgan fingerprint density at radius 2 is 2.09 bits per heavy atom. The summed E-state index contributed by atoms with van der Waals surface area (Å²) in [6, 6.07) is 8.57. The van der Waals surface area contributed by atoms with Crippen LogP contribution in [0.25, 0.3) is 0 Å². The molecule has 0 radical (unpaired) electrons. The minimum Gasteiger partial charge on any atom is -0.495 e. The third kappa shape index (κ3) is 3.31. The van der Waals surface area contributed by atoms with Gasteiger partial charge in [0.2, 0.25) is 10.0 Å². The molecule has 1 aliphatic rings. The highest BCUT2D eigenvalue weighted by atomic mass is 32.2. The van der Waals surface area contributed by atoms with Gasteiger partial charge in [-0.1, -0.05) is 12.1 Å². The Labute approximate surface area is 130 Å². The van der Waals surface area contributed by atoms with Crippen molar-refractivity contribution in [2.45, 2.75) is 30.2 Å². The van der Waals surface area contributed by atoms with Crippen molar-refractivity contribution in [2.75, 3.05) is 13.7 Å². The van der Waals surface area contributed by atoms with Crippen LogP contribution in [0.4, 0.5) is 0 Å². The summed E-state index contributed by atoms with van der Waals surface area (Å²) in [5.41, 5.74) is 1.10. The van der Waals surface area contributed by atoms with E-state index < -0.39 is 10.0 Å². The van der Waals surface area contributed by atoms with Gasteiger partial charge >= 0.3 is 0 Å². The van der Waals surface area contributed by atoms with Gasteiger partial charge in [-0.3, -0.25) is 4.68 Å². The lowest BCUT2D eigenvalue weighted by Crippen LogP contribution is -2.28. The van der Waals surface area contributed by atoms with Crippen molar-refractivity contribution in [2.24, 2.45) is 0 Å². The molecule has 2 aromatic rings. The summed E-state index contributed by atoms with van der Waals surface area (Å²) in [7, 11) is -2.13. The van der Waals surface area contributed by atoms with Gasteiger partial charge in [-0.2, -0.15) is 5.10 Å². The molecule has 0 unspecified atom stereocenters. The van der Waals surface area contributed by atoms with E-state index in [4.69, 9.17) is 4.74 Å². The zero-order valence-corrected chi connectivity index (χ0v) is 13.2. The Morgan fingerprint density at radius 1 is 1.32 bits per heavy atom. The molecule has 118 valence electrons. The molecule has 1 aromatic heterocycles. The van der Waals surface area contributed by atoms with Crippen LogP contribution < -0.4 is 9.46 Å². The monoisotopic (exact) mass is 321 g/mol. The van der Waals surface area contributed by atoms with Crippen molar-refractivity contribution in [3.8, 4) is 5.75 Å². The maximum atomic E-state index is 12.3. The predicted molar refractivity (Wildman–Crippen MR) is 82.4 cm³/mol. The lowest BCUT2D eigenvalue weighted by atomic mass is 10.3. The van der Waals surface area contributed by atoms with E-state index in [1.807, 2.05) is 12.3 Å². The first-order valence-electron chi connectivity index (χ1n) is 7.26. The number of para-hydroxylation sites is 1. The van der Waals surface area contributed by atoms with Crippen LogP contribution in [-0.4, -0.2) is 31.9 Å². The second-order valence-electron chi connectivity index (χ2n) is 5.33. The molecule has 6 nitrogen and oxygen atoms in total. The van der Waals surface area contributed by atoms with E-state index in [1.165, 1.54) is 26.0 Å². The number of nitrogens with zero attached hydrogens (tertiary/aromatic N) is 2. The molecule has 0 saturated heterocycles. The minimum atomic E-state index is -3.59. The molecule has 1 fully saturated rings. The summed E-state index contributed by atoms with van der Waals surface area (Å²) in [4.78, 5) is 0.150. The fourth-order valence-electron chi connectivity index (χ4n) is 2.31. The van der Waals surface area contributed by atoms with Crippen LogP contribution >= 0.6 is 0 Å². The van der Waals surface area contributed by atoms with Gasteiger partial charge in [0.1, 0.15) is 10.6 Å². The highest BCUT2D eigenvalue weighted by Gasteiger charge is 2.25. The van der Waals surface area contributed by atoms with Crippen LogP contribution in [0.1, 0.15) is 24.5 Å². The molecule has 22 heavy (non-hydrogen) atoms. The summed E-state index contributed by atoms with van der Waals surface area (Å²) in [5.74, 6) is 0.941. The normalized spacial score (nSPS) is 15.0. The Morgan fingerprint density at radius 3 is 2.82 bits per heavy atom. The topological polar surface area (TPSA) is 73.2 Å². The first kappa shape index (κ1) is 15.1. The Kier molecular flexibility index (Phi) is 4.17. The van der Waals surface area contributed by atoms with Crippen molar-refractivity contribution < 1.29 is 13.2 Å². The molecule has 1 aromatic carbocycles.